The van der Waals surface area contributed by atoms with Crippen molar-refractivity contribution in [3.8, 4) is 11.5 Å². The molecule has 0 amide bonds. The number of hydrogen-bond acceptors (Lipinski definition) is 4. The number of rotatable bonds is 10. The van der Waals surface area contributed by atoms with E-state index in [4.69, 9.17) is 9.47 Å². The van der Waals surface area contributed by atoms with Crippen LogP contribution in [0.4, 0.5) is 0 Å². The van der Waals surface area contributed by atoms with E-state index in [-0.39, 0.29) is 6.04 Å². The van der Waals surface area contributed by atoms with Crippen molar-refractivity contribution in [1.29, 1.82) is 0 Å². The van der Waals surface area contributed by atoms with Crippen LogP contribution in [0, 0.1) is 0 Å². The maximum atomic E-state index is 5.73. The lowest BCUT2D eigenvalue weighted by molar-refractivity contribution is 0.287. The summed E-state index contributed by atoms with van der Waals surface area (Å²) in [5, 5.41) is 3.67. The van der Waals surface area contributed by atoms with Gasteiger partial charge in [0.25, 0.3) is 0 Å². The van der Waals surface area contributed by atoms with Crippen LogP contribution in [0.2, 0.25) is 0 Å². The van der Waals surface area contributed by atoms with E-state index in [2.05, 4.69) is 66.8 Å². The van der Waals surface area contributed by atoms with Gasteiger partial charge in [-0.05, 0) is 51.2 Å². The van der Waals surface area contributed by atoms with Crippen molar-refractivity contribution in [3.05, 3.63) is 59.7 Å². The molecule has 0 spiro atoms. The van der Waals surface area contributed by atoms with Crippen LogP contribution >= 0.6 is 0 Å². The van der Waals surface area contributed by atoms with Crippen molar-refractivity contribution in [3.63, 3.8) is 0 Å². The van der Waals surface area contributed by atoms with Crippen LogP contribution in [-0.4, -0.2) is 38.8 Å². The van der Waals surface area contributed by atoms with Gasteiger partial charge in [-0.3, -0.25) is 0 Å². The molecule has 1 unspecified atom stereocenters. The van der Waals surface area contributed by atoms with Crippen molar-refractivity contribution in [2.24, 2.45) is 0 Å². The van der Waals surface area contributed by atoms with E-state index >= 15 is 0 Å². The lowest BCUT2D eigenvalue weighted by Gasteiger charge is -2.23. The van der Waals surface area contributed by atoms with Gasteiger partial charge in [0.2, 0.25) is 0 Å². The van der Waals surface area contributed by atoms with Gasteiger partial charge in [-0.15, -0.1) is 0 Å². The average Bonchev–Trinajstić information content (AvgIpc) is 2.61. The lowest BCUT2D eigenvalue weighted by atomic mass is 10.1. The number of nitrogens with zero attached hydrogens (tertiary/aromatic N) is 1. The Hall–Kier alpha value is -2.04. The van der Waals surface area contributed by atoms with Crippen molar-refractivity contribution in [1.82, 2.24) is 10.2 Å². The molecule has 0 aliphatic rings. The number of nitrogens with one attached hydrogen (secondary N) is 1. The molecule has 25 heavy (non-hydrogen) atoms. The molecule has 2 aromatic carbocycles. The number of hydrogen-bond donors (Lipinski definition) is 1. The van der Waals surface area contributed by atoms with Gasteiger partial charge in [0.05, 0.1) is 13.2 Å². The molecular weight excluding hydrogens is 312 g/mol. The smallest absolute Gasteiger partial charge is 0.161 e. The van der Waals surface area contributed by atoms with Crippen LogP contribution in [0.15, 0.2) is 48.5 Å². The molecule has 2 aromatic rings. The van der Waals surface area contributed by atoms with Crippen LogP contribution in [0.1, 0.15) is 31.0 Å². The molecular formula is C21H30N2O2. The minimum absolute atomic E-state index is 0.276. The molecule has 0 aliphatic carbocycles. The summed E-state index contributed by atoms with van der Waals surface area (Å²) >= 11 is 0. The van der Waals surface area contributed by atoms with Gasteiger partial charge in [-0.25, -0.2) is 0 Å². The maximum absolute atomic E-state index is 5.73. The van der Waals surface area contributed by atoms with E-state index < -0.39 is 0 Å². The number of ether oxygens (including phenoxy) is 2. The third-order valence-corrected chi connectivity index (χ3v) is 3.91. The standard InChI is InChI=1S/C21H30N2O2/c1-5-24-20-13-12-17(14-21(20)25-6-2)15-22-19(16-23(3)4)18-10-8-7-9-11-18/h7-14,19,22H,5-6,15-16H2,1-4H3. The summed E-state index contributed by atoms with van der Waals surface area (Å²) in [5.74, 6) is 1.62. The second kappa shape index (κ2) is 10.1. The van der Waals surface area contributed by atoms with Crippen LogP contribution in [0.25, 0.3) is 0 Å². The lowest BCUT2D eigenvalue weighted by Crippen LogP contribution is -2.30. The molecule has 2 rings (SSSR count). The van der Waals surface area contributed by atoms with Gasteiger partial charge in [-0.1, -0.05) is 36.4 Å². The van der Waals surface area contributed by atoms with Crippen molar-refractivity contribution < 1.29 is 9.47 Å². The molecule has 0 aromatic heterocycles. The minimum atomic E-state index is 0.276. The molecule has 136 valence electrons. The Morgan fingerprint density at radius 2 is 1.60 bits per heavy atom. The average molecular weight is 342 g/mol. The zero-order chi connectivity index (χ0) is 18.1. The normalized spacial score (nSPS) is 12.2. The third kappa shape index (κ3) is 6.07. The Labute approximate surface area is 151 Å². The van der Waals surface area contributed by atoms with Crippen LogP contribution in [-0.2, 0) is 6.54 Å². The van der Waals surface area contributed by atoms with Gasteiger partial charge in [0.1, 0.15) is 0 Å². The zero-order valence-electron chi connectivity index (χ0n) is 15.8. The van der Waals surface area contributed by atoms with Crippen molar-refractivity contribution in [2.45, 2.75) is 26.4 Å². The number of likely N-dealkylation sites (N-methyl/N-ethyl adjacent to an activating group) is 1. The third-order valence-electron chi connectivity index (χ3n) is 3.91. The fraction of sp³-hybridized carbons (Fsp3) is 0.429. The molecule has 0 fully saturated rings. The molecule has 1 N–H and O–H groups in total. The summed E-state index contributed by atoms with van der Waals surface area (Å²) in [4.78, 5) is 2.20. The molecule has 0 heterocycles. The van der Waals surface area contributed by atoms with Crippen LogP contribution < -0.4 is 14.8 Å². The Bertz CT molecular complexity index is 629. The first-order valence-corrected chi connectivity index (χ1v) is 8.95. The summed E-state index contributed by atoms with van der Waals surface area (Å²) in [5.41, 5.74) is 2.48. The Morgan fingerprint density at radius 1 is 0.920 bits per heavy atom. The Morgan fingerprint density at radius 3 is 2.24 bits per heavy atom. The molecule has 0 saturated heterocycles. The predicted octanol–water partition coefficient (Wildman–Crippen LogP) is 3.88. The maximum Gasteiger partial charge on any atom is 0.161 e. The summed E-state index contributed by atoms with van der Waals surface area (Å²) in [6, 6.07) is 17.0. The van der Waals surface area contributed by atoms with Crippen molar-refractivity contribution >= 4 is 0 Å². The monoisotopic (exact) mass is 342 g/mol. The Kier molecular flexibility index (Phi) is 7.76. The molecule has 0 saturated carbocycles. The molecule has 0 aliphatic heterocycles. The largest absolute Gasteiger partial charge is 0.490 e. The van der Waals surface area contributed by atoms with Gasteiger partial charge < -0.3 is 19.7 Å². The van der Waals surface area contributed by atoms with Crippen LogP contribution in [0.3, 0.4) is 0 Å². The van der Waals surface area contributed by atoms with Gasteiger partial charge in [-0.2, -0.15) is 0 Å². The topological polar surface area (TPSA) is 33.7 Å². The highest BCUT2D eigenvalue weighted by Crippen LogP contribution is 2.28. The number of benzene rings is 2. The molecule has 4 heteroatoms. The molecule has 0 radical (unpaired) electrons. The van der Waals surface area contributed by atoms with Gasteiger partial charge in [0, 0.05) is 19.1 Å². The van der Waals surface area contributed by atoms with Crippen molar-refractivity contribution in [2.75, 3.05) is 33.9 Å². The van der Waals surface area contributed by atoms with Gasteiger partial charge in [0.15, 0.2) is 11.5 Å². The fourth-order valence-electron chi connectivity index (χ4n) is 2.78. The Balaban J connectivity index is 2.10. The summed E-state index contributed by atoms with van der Waals surface area (Å²) < 4.78 is 11.4. The molecule has 0 bridgehead atoms. The molecule has 4 nitrogen and oxygen atoms in total. The highest BCUT2D eigenvalue weighted by atomic mass is 16.5. The van der Waals surface area contributed by atoms with E-state index in [9.17, 15) is 0 Å². The summed E-state index contributed by atoms with van der Waals surface area (Å²) in [7, 11) is 4.20. The summed E-state index contributed by atoms with van der Waals surface area (Å²) in [6.07, 6.45) is 0. The highest BCUT2D eigenvalue weighted by Gasteiger charge is 2.13. The van der Waals surface area contributed by atoms with Gasteiger partial charge >= 0.3 is 0 Å². The van der Waals surface area contributed by atoms with E-state index in [1.54, 1.807) is 0 Å². The second-order valence-electron chi connectivity index (χ2n) is 6.25. The predicted molar refractivity (Wildman–Crippen MR) is 103 cm³/mol. The molecule has 1 atom stereocenters. The van der Waals surface area contributed by atoms with E-state index in [0.717, 1.165) is 24.6 Å². The van der Waals surface area contributed by atoms with E-state index in [0.29, 0.717) is 13.2 Å². The fourth-order valence-corrected chi connectivity index (χ4v) is 2.78. The first kappa shape index (κ1) is 19.3. The first-order valence-electron chi connectivity index (χ1n) is 8.95. The first-order chi connectivity index (χ1) is 12.1. The second-order valence-corrected chi connectivity index (χ2v) is 6.25. The summed E-state index contributed by atoms with van der Waals surface area (Å²) in [6.45, 7) is 6.96. The van der Waals surface area contributed by atoms with Crippen LogP contribution in [0.5, 0.6) is 11.5 Å². The minimum Gasteiger partial charge on any atom is -0.490 e. The highest BCUT2D eigenvalue weighted by molar-refractivity contribution is 5.43. The zero-order valence-corrected chi connectivity index (χ0v) is 15.8. The SMILES string of the molecule is CCOc1ccc(CNC(CN(C)C)c2ccccc2)cc1OCC. The quantitative estimate of drug-likeness (QED) is 0.710. The van der Waals surface area contributed by atoms with E-state index in [1.807, 2.05) is 19.9 Å². The van der Waals surface area contributed by atoms with E-state index in [1.165, 1.54) is 11.1 Å².